The summed E-state index contributed by atoms with van der Waals surface area (Å²) in [6.45, 7) is 15.0. The number of carbonyl (C=O) groups excluding carboxylic acids is 2. The molecule has 0 radical (unpaired) electrons. The van der Waals surface area contributed by atoms with E-state index in [4.69, 9.17) is 20.5 Å². The lowest BCUT2D eigenvalue weighted by atomic mass is 9.63. The molecule has 3 aromatic rings. The Hall–Kier alpha value is -4.14. The zero-order valence-corrected chi connectivity index (χ0v) is 30.9. The molecule has 0 amide bonds. The molecular formula is C41H44ClNO6S. The molecule has 0 fully saturated rings. The minimum atomic E-state index is -4.27. The van der Waals surface area contributed by atoms with Crippen LogP contribution in [0.15, 0.2) is 107 Å². The lowest BCUT2D eigenvalue weighted by Crippen LogP contribution is -2.44. The summed E-state index contributed by atoms with van der Waals surface area (Å²) in [5.41, 5.74) is 4.87. The number of rotatable bonds is 10. The Balaban J connectivity index is 1.58. The van der Waals surface area contributed by atoms with E-state index in [1.165, 1.54) is 24.3 Å². The summed E-state index contributed by atoms with van der Waals surface area (Å²) in [7, 11) is -4.27. The van der Waals surface area contributed by atoms with Crippen LogP contribution >= 0.6 is 11.6 Å². The summed E-state index contributed by atoms with van der Waals surface area (Å²) in [6, 6.07) is 19.5. The number of carbonyl (C=O) groups is 2. The SMILES string of the molecule is C=CCc1cc(C2C3=C(CC(C)(C)CC3=O)N(Cc3ccccc3)C3=C2C(=O)CC(C)(C)C3)cc(OCC)c1OS(=O)(=O)c1ccc(Cl)cc1. The van der Waals surface area contributed by atoms with Gasteiger partial charge in [-0.15, -0.1) is 6.58 Å². The molecule has 3 aromatic carbocycles. The topological polar surface area (TPSA) is 90.0 Å². The monoisotopic (exact) mass is 713 g/mol. The molecule has 262 valence electrons. The Bertz CT molecular complexity index is 1970. The van der Waals surface area contributed by atoms with Gasteiger partial charge >= 0.3 is 10.1 Å². The predicted molar refractivity (Wildman–Crippen MR) is 196 cm³/mol. The summed E-state index contributed by atoms with van der Waals surface area (Å²) >= 11 is 6.02. The molecule has 0 aromatic heterocycles. The van der Waals surface area contributed by atoms with Crippen LogP contribution in [0.3, 0.4) is 0 Å². The lowest BCUT2D eigenvalue weighted by Gasteiger charge is -2.49. The third-order valence-corrected chi connectivity index (χ3v) is 11.1. The third kappa shape index (κ3) is 7.06. The number of hydrogen-bond donors (Lipinski definition) is 0. The maximum Gasteiger partial charge on any atom is 0.339 e. The van der Waals surface area contributed by atoms with Crippen molar-refractivity contribution >= 4 is 33.3 Å². The van der Waals surface area contributed by atoms with Crippen molar-refractivity contribution < 1.29 is 26.9 Å². The van der Waals surface area contributed by atoms with Gasteiger partial charge in [0, 0.05) is 58.4 Å². The van der Waals surface area contributed by atoms with Crippen LogP contribution in [-0.4, -0.2) is 31.5 Å². The minimum Gasteiger partial charge on any atom is -0.490 e. The van der Waals surface area contributed by atoms with Crippen molar-refractivity contribution in [3.63, 3.8) is 0 Å². The van der Waals surface area contributed by atoms with Gasteiger partial charge in [-0.25, -0.2) is 0 Å². The van der Waals surface area contributed by atoms with Crippen LogP contribution in [0.1, 0.15) is 82.9 Å². The largest absolute Gasteiger partial charge is 0.490 e. The smallest absolute Gasteiger partial charge is 0.339 e. The molecule has 50 heavy (non-hydrogen) atoms. The maximum atomic E-state index is 14.4. The van der Waals surface area contributed by atoms with E-state index in [1.807, 2.05) is 24.3 Å². The average Bonchev–Trinajstić information content (AvgIpc) is 3.03. The molecule has 0 atom stereocenters. The molecule has 7 nitrogen and oxygen atoms in total. The van der Waals surface area contributed by atoms with Gasteiger partial charge in [0.05, 0.1) is 6.61 Å². The van der Waals surface area contributed by atoms with E-state index < -0.39 is 16.0 Å². The van der Waals surface area contributed by atoms with Crippen molar-refractivity contribution in [3.05, 3.63) is 124 Å². The Labute approximate surface area is 300 Å². The fraction of sp³-hybridized carbons (Fsp3) is 0.366. The Morgan fingerprint density at radius 3 is 2.00 bits per heavy atom. The number of ketones is 2. The van der Waals surface area contributed by atoms with Crippen molar-refractivity contribution in [1.82, 2.24) is 4.90 Å². The summed E-state index contributed by atoms with van der Waals surface area (Å²) < 4.78 is 39.0. The zero-order valence-electron chi connectivity index (χ0n) is 29.3. The zero-order chi connectivity index (χ0) is 36.0. The molecule has 6 rings (SSSR count). The second kappa shape index (κ2) is 13.5. The van der Waals surface area contributed by atoms with Crippen LogP contribution < -0.4 is 8.92 Å². The maximum absolute atomic E-state index is 14.4. The van der Waals surface area contributed by atoms with Crippen molar-refractivity contribution in [3.8, 4) is 11.5 Å². The Morgan fingerprint density at radius 1 is 0.880 bits per heavy atom. The van der Waals surface area contributed by atoms with Crippen molar-refractivity contribution in [1.29, 1.82) is 0 Å². The van der Waals surface area contributed by atoms with Gasteiger partial charge in [-0.1, -0.05) is 81.8 Å². The van der Waals surface area contributed by atoms with Gasteiger partial charge in [0.1, 0.15) is 4.90 Å². The van der Waals surface area contributed by atoms with E-state index in [1.54, 1.807) is 19.1 Å². The molecule has 0 saturated carbocycles. The van der Waals surface area contributed by atoms with Crippen LogP contribution in [-0.2, 0) is 32.7 Å². The third-order valence-electron chi connectivity index (χ3n) is 9.65. The normalized spacial score (nSPS) is 18.9. The quantitative estimate of drug-likeness (QED) is 0.153. The number of allylic oxidation sites excluding steroid dienone is 5. The highest BCUT2D eigenvalue weighted by atomic mass is 35.5. The molecular weight excluding hydrogens is 670 g/mol. The molecule has 0 bridgehead atoms. The fourth-order valence-corrected chi connectivity index (χ4v) is 8.71. The van der Waals surface area contributed by atoms with E-state index in [0.29, 0.717) is 59.5 Å². The van der Waals surface area contributed by atoms with Crippen molar-refractivity contribution in [2.45, 2.75) is 84.1 Å². The van der Waals surface area contributed by atoms with Crippen molar-refractivity contribution in [2.75, 3.05) is 6.61 Å². The van der Waals surface area contributed by atoms with E-state index in [0.717, 1.165) is 17.0 Å². The number of ether oxygens (including phenoxy) is 1. The van der Waals surface area contributed by atoms with Gasteiger partial charge in [0.25, 0.3) is 0 Å². The van der Waals surface area contributed by atoms with Crippen LogP contribution in [0.25, 0.3) is 0 Å². The summed E-state index contributed by atoms with van der Waals surface area (Å²) in [5.74, 6) is -0.371. The van der Waals surface area contributed by atoms with Gasteiger partial charge in [0.15, 0.2) is 23.1 Å². The minimum absolute atomic E-state index is 0.0115. The van der Waals surface area contributed by atoms with E-state index in [2.05, 4.69) is 51.3 Å². The van der Waals surface area contributed by atoms with Gasteiger partial charge in [-0.05, 0) is 78.5 Å². The molecule has 3 aliphatic rings. The number of nitrogens with zero attached hydrogens (tertiary/aromatic N) is 1. The highest BCUT2D eigenvalue weighted by Crippen LogP contribution is 2.55. The van der Waals surface area contributed by atoms with E-state index >= 15 is 0 Å². The van der Waals surface area contributed by atoms with Gasteiger partial charge in [0.2, 0.25) is 0 Å². The number of hydrogen-bond acceptors (Lipinski definition) is 7. The van der Waals surface area contributed by atoms with Crippen molar-refractivity contribution in [2.24, 2.45) is 10.8 Å². The van der Waals surface area contributed by atoms with Crippen LogP contribution in [0.5, 0.6) is 11.5 Å². The van der Waals surface area contributed by atoms with E-state index in [9.17, 15) is 18.0 Å². The first-order chi connectivity index (χ1) is 23.6. The number of benzene rings is 3. The summed E-state index contributed by atoms with van der Waals surface area (Å²) in [5, 5.41) is 0.397. The molecule has 0 N–H and O–H groups in total. The predicted octanol–water partition coefficient (Wildman–Crippen LogP) is 9.12. The molecule has 1 heterocycles. The molecule has 2 aliphatic carbocycles. The van der Waals surface area contributed by atoms with Gasteiger partial charge in [-0.3, -0.25) is 9.59 Å². The average molecular weight is 714 g/mol. The molecule has 0 saturated heterocycles. The number of Topliss-reactive ketones (excluding diaryl/α,β-unsaturated/α-hetero) is 2. The van der Waals surface area contributed by atoms with Crippen LogP contribution in [0.4, 0.5) is 0 Å². The van der Waals surface area contributed by atoms with Gasteiger partial charge in [-0.2, -0.15) is 8.42 Å². The molecule has 0 unspecified atom stereocenters. The highest BCUT2D eigenvalue weighted by Gasteiger charge is 2.49. The van der Waals surface area contributed by atoms with Crippen LogP contribution in [0, 0.1) is 10.8 Å². The van der Waals surface area contributed by atoms with Crippen LogP contribution in [0.2, 0.25) is 5.02 Å². The first kappa shape index (κ1) is 35.7. The first-order valence-corrected chi connectivity index (χ1v) is 18.9. The Kier molecular flexibility index (Phi) is 9.66. The standard InChI is InChI=1S/C41H44ClNO6S/c1-7-12-27-19-28(20-35(48-8-2)39(27)49-50(46,47)30-17-15-29(42)16-18-30)36-37-31(21-40(3,4)23-33(37)44)43(25-26-13-10-9-11-14-26)32-22-41(5,6)24-34(45)38(32)36/h7,9-11,13-20,36H,1,8,12,21-25H2,2-6H3. The highest BCUT2D eigenvalue weighted by molar-refractivity contribution is 7.87. The molecule has 0 spiro atoms. The number of halogens is 1. The summed E-state index contributed by atoms with van der Waals surface area (Å²) in [6.07, 6.45) is 3.95. The second-order valence-corrected chi connectivity index (χ2v) is 17.0. The van der Waals surface area contributed by atoms with Gasteiger partial charge < -0.3 is 13.8 Å². The summed E-state index contributed by atoms with van der Waals surface area (Å²) in [4.78, 5) is 31.0. The molecule has 1 aliphatic heterocycles. The lowest BCUT2D eigenvalue weighted by molar-refractivity contribution is -0.119. The second-order valence-electron chi connectivity index (χ2n) is 15.0. The fourth-order valence-electron chi connectivity index (χ4n) is 7.61. The Morgan fingerprint density at radius 2 is 1.46 bits per heavy atom. The van der Waals surface area contributed by atoms with E-state index in [-0.39, 0.29) is 51.8 Å². The first-order valence-electron chi connectivity index (χ1n) is 17.1. The molecule has 9 heteroatoms.